The SMILES string of the molecule is CC1(C)CC(NC(=O)C(=O)Nc2cccc3c(O)cccc23)CC(C)(C)N1. The molecule has 4 N–H and O–H groups in total. The number of benzene rings is 2. The largest absolute Gasteiger partial charge is 0.507 e. The molecule has 2 aromatic carbocycles. The first kappa shape index (κ1) is 19.2. The Hall–Kier alpha value is -2.60. The number of phenols is 1. The van der Waals surface area contributed by atoms with Gasteiger partial charge in [-0.2, -0.15) is 0 Å². The van der Waals surface area contributed by atoms with Crippen molar-refractivity contribution in [1.82, 2.24) is 10.6 Å². The van der Waals surface area contributed by atoms with Gasteiger partial charge in [0.2, 0.25) is 0 Å². The summed E-state index contributed by atoms with van der Waals surface area (Å²) >= 11 is 0. The first-order chi connectivity index (χ1) is 12.6. The van der Waals surface area contributed by atoms with Crippen LogP contribution in [0.3, 0.4) is 0 Å². The molecule has 3 rings (SSSR count). The van der Waals surface area contributed by atoms with Gasteiger partial charge in [0.1, 0.15) is 5.75 Å². The van der Waals surface area contributed by atoms with Crippen molar-refractivity contribution in [2.45, 2.75) is 57.7 Å². The molecule has 0 spiro atoms. The maximum Gasteiger partial charge on any atom is 0.313 e. The molecule has 6 heteroatoms. The summed E-state index contributed by atoms with van der Waals surface area (Å²) in [6, 6.07) is 10.2. The highest BCUT2D eigenvalue weighted by Gasteiger charge is 2.38. The molecular weight excluding hydrogens is 342 g/mol. The van der Waals surface area contributed by atoms with Crippen LogP contribution in [0.15, 0.2) is 36.4 Å². The van der Waals surface area contributed by atoms with Crippen LogP contribution in [0.2, 0.25) is 0 Å². The molecule has 1 aliphatic heterocycles. The maximum absolute atomic E-state index is 12.4. The number of aromatic hydroxyl groups is 1. The van der Waals surface area contributed by atoms with Crippen molar-refractivity contribution in [2.24, 2.45) is 0 Å². The highest BCUT2D eigenvalue weighted by Crippen LogP contribution is 2.30. The minimum atomic E-state index is -0.708. The molecule has 1 fully saturated rings. The smallest absolute Gasteiger partial charge is 0.313 e. The van der Waals surface area contributed by atoms with Crippen LogP contribution in [0, 0.1) is 0 Å². The molecule has 1 heterocycles. The maximum atomic E-state index is 12.4. The highest BCUT2D eigenvalue weighted by atomic mass is 16.3. The van der Waals surface area contributed by atoms with Crippen LogP contribution >= 0.6 is 0 Å². The van der Waals surface area contributed by atoms with E-state index in [1.165, 1.54) is 0 Å². The quantitative estimate of drug-likeness (QED) is 0.613. The lowest BCUT2D eigenvalue weighted by molar-refractivity contribution is -0.137. The monoisotopic (exact) mass is 369 g/mol. The Labute approximate surface area is 159 Å². The molecule has 0 radical (unpaired) electrons. The number of phenolic OH excluding ortho intramolecular Hbond substituents is 1. The molecule has 0 unspecified atom stereocenters. The Morgan fingerprint density at radius 1 is 0.963 bits per heavy atom. The fraction of sp³-hybridized carbons (Fsp3) is 0.429. The molecule has 2 amide bonds. The number of nitrogens with one attached hydrogen (secondary N) is 3. The second-order valence-electron chi connectivity index (χ2n) is 8.60. The van der Waals surface area contributed by atoms with Gasteiger partial charge in [-0.1, -0.05) is 24.3 Å². The van der Waals surface area contributed by atoms with E-state index in [0.717, 1.165) is 12.8 Å². The van der Waals surface area contributed by atoms with E-state index in [9.17, 15) is 14.7 Å². The molecule has 0 bridgehead atoms. The van der Waals surface area contributed by atoms with Gasteiger partial charge in [0.25, 0.3) is 0 Å². The molecule has 0 aliphatic carbocycles. The van der Waals surface area contributed by atoms with Gasteiger partial charge in [0.05, 0.1) is 0 Å². The number of piperidine rings is 1. The lowest BCUT2D eigenvalue weighted by Gasteiger charge is -2.46. The van der Waals surface area contributed by atoms with Crippen LogP contribution in [0.1, 0.15) is 40.5 Å². The van der Waals surface area contributed by atoms with Crippen molar-refractivity contribution >= 4 is 28.3 Å². The Bertz CT molecular complexity index is 873. The number of carbonyl (C=O) groups is 2. The van der Waals surface area contributed by atoms with Crippen LogP contribution in [0.5, 0.6) is 5.75 Å². The topological polar surface area (TPSA) is 90.5 Å². The van der Waals surface area contributed by atoms with E-state index in [4.69, 9.17) is 0 Å². The predicted octanol–water partition coefficient (Wildman–Crippen LogP) is 2.91. The van der Waals surface area contributed by atoms with Gasteiger partial charge < -0.3 is 21.1 Å². The standard InChI is InChI=1S/C21H27N3O3/c1-20(2)11-13(12-21(3,4)24-20)22-18(26)19(27)23-16-9-5-8-15-14(16)7-6-10-17(15)25/h5-10,13,24-25H,11-12H2,1-4H3,(H,22,26)(H,23,27). The summed E-state index contributed by atoms with van der Waals surface area (Å²) in [4.78, 5) is 24.9. The molecule has 1 aliphatic rings. The zero-order valence-electron chi connectivity index (χ0n) is 16.2. The molecule has 27 heavy (non-hydrogen) atoms. The number of fused-ring (bicyclic) bond motifs is 1. The average molecular weight is 369 g/mol. The summed E-state index contributed by atoms with van der Waals surface area (Å²) in [6.07, 6.45) is 1.50. The van der Waals surface area contributed by atoms with Gasteiger partial charge in [-0.3, -0.25) is 9.59 Å². The Morgan fingerprint density at radius 3 is 2.22 bits per heavy atom. The summed E-state index contributed by atoms with van der Waals surface area (Å²) in [6.45, 7) is 8.37. The summed E-state index contributed by atoms with van der Waals surface area (Å²) in [5.41, 5.74) is 0.252. The minimum absolute atomic E-state index is 0.0777. The van der Waals surface area contributed by atoms with Crippen LogP contribution in [0.25, 0.3) is 10.8 Å². The number of amides is 2. The van der Waals surface area contributed by atoms with Gasteiger partial charge in [-0.05, 0) is 52.7 Å². The van der Waals surface area contributed by atoms with Crippen molar-refractivity contribution in [3.05, 3.63) is 36.4 Å². The van der Waals surface area contributed by atoms with Crippen molar-refractivity contribution in [3.63, 3.8) is 0 Å². The minimum Gasteiger partial charge on any atom is -0.507 e. The zero-order valence-corrected chi connectivity index (χ0v) is 16.2. The van der Waals surface area contributed by atoms with Crippen LogP contribution in [-0.2, 0) is 9.59 Å². The molecule has 1 saturated heterocycles. The van der Waals surface area contributed by atoms with Crippen molar-refractivity contribution in [2.75, 3.05) is 5.32 Å². The van der Waals surface area contributed by atoms with Crippen molar-refractivity contribution in [1.29, 1.82) is 0 Å². The molecule has 2 aromatic rings. The first-order valence-corrected chi connectivity index (χ1v) is 9.18. The second-order valence-corrected chi connectivity index (χ2v) is 8.60. The van der Waals surface area contributed by atoms with Crippen LogP contribution in [0.4, 0.5) is 5.69 Å². The third-order valence-corrected chi connectivity index (χ3v) is 4.88. The summed E-state index contributed by atoms with van der Waals surface area (Å²) in [5.74, 6) is -1.22. The van der Waals surface area contributed by atoms with Gasteiger partial charge in [-0.25, -0.2) is 0 Å². The fourth-order valence-electron chi connectivity index (χ4n) is 4.26. The third-order valence-electron chi connectivity index (χ3n) is 4.88. The number of carbonyl (C=O) groups excluding carboxylic acids is 2. The van der Waals surface area contributed by atoms with E-state index in [1.807, 2.05) is 0 Å². The van der Waals surface area contributed by atoms with E-state index in [0.29, 0.717) is 16.5 Å². The highest BCUT2D eigenvalue weighted by molar-refractivity contribution is 6.40. The van der Waals surface area contributed by atoms with Crippen LogP contribution in [-0.4, -0.2) is 34.0 Å². The molecule has 0 saturated carbocycles. The van der Waals surface area contributed by atoms with Gasteiger partial charge in [0, 0.05) is 33.6 Å². The zero-order chi connectivity index (χ0) is 19.8. The molecule has 144 valence electrons. The van der Waals surface area contributed by atoms with E-state index in [2.05, 4.69) is 43.6 Å². The van der Waals surface area contributed by atoms with E-state index in [-0.39, 0.29) is 22.9 Å². The summed E-state index contributed by atoms with van der Waals surface area (Å²) < 4.78 is 0. The number of anilines is 1. The molecule has 0 atom stereocenters. The van der Waals surface area contributed by atoms with Crippen molar-refractivity contribution in [3.8, 4) is 5.75 Å². The number of rotatable bonds is 2. The Balaban J connectivity index is 1.72. The van der Waals surface area contributed by atoms with Crippen molar-refractivity contribution < 1.29 is 14.7 Å². The van der Waals surface area contributed by atoms with E-state index >= 15 is 0 Å². The normalized spacial score (nSPS) is 18.8. The Morgan fingerprint density at radius 2 is 1.56 bits per heavy atom. The molecular formula is C21H27N3O3. The fourth-order valence-corrected chi connectivity index (χ4v) is 4.26. The number of hydrogen-bond donors (Lipinski definition) is 4. The molecule has 6 nitrogen and oxygen atoms in total. The lowest BCUT2D eigenvalue weighted by atomic mass is 9.79. The van der Waals surface area contributed by atoms with Crippen LogP contribution < -0.4 is 16.0 Å². The second kappa shape index (κ2) is 6.85. The Kier molecular flexibility index (Phi) is 4.86. The third kappa shape index (κ3) is 4.39. The van der Waals surface area contributed by atoms with E-state index < -0.39 is 11.8 Å². The predicted molar refractivity (Wildman–Crippen MR) is 107 cm³/mol. The summed E-state index contributed by atoms with van der Waals surface area (Å²) in [5, 5.41) is 20.3. The lowest BCUT2D eigenvalue weighted by Crippen LogP contribution is -2.62. The van der Waals surface area contributed by atoms with Gasteiger partial charge in [0.15, 0.2) is 0 Å². The summed E-state index contributed by atoms with van der Waals surface area (Å²) in [7, 11) is 0. The first-order valence-electron chi connectivity index (χ1n) is 9.18. The number of hydrogen-bond acceptors (Lipinski definition) is 4. The molecule has 0 aromatic heterocycles. The van der Waals surface area contributed by atoms with E-state index in [1.54, 1.807) is 36.4 Å². The van der Waals surface area contributed by atoms with Gasteiger partial charge in [-0.15, -0.1) is 0 Å². The van der Waals surface area contributed by atoms with Gasteiger partial charge >= 0.3 is 11.8 Å². The average Bonchev–Trinajstić information content (AvgIpc) is 2.52.